The summed E-state index contributed by atoms with van der Waals surface area (Å²) in [5.41, 5.74) is 0.558. The van der Waals surface area contributed by atoms with Gasteiger partial charge in [-0.05, 0) is 43.2 Å². The number of amides is 1. The molecule has 1 heterocycles. The van der Waals surface area contributed by atoms with Gasteiger partial charge in [0, 0.05) is 0 Å². The molecule has 0 atom stereocenters. The predicted molar refractivity (Wildman–Crippen MR) is 103 cm³/mol. The molecule has 0 unspecified atom stereocenters. The first-order chi connectivity index (χ1) is 12.9. The van der Waals surface area contributed by atoms with Crippen LogP contribution in [0.1, 0.15) is 25.7 Å². The fourth-order valence-electron chi connectivity index (χ4n) is 3.55. The molecular formula is C19H17FN2O3S2. The molecule has 0 saturated heterocycles. The Labute approximate surface area is 160 Å². The van der Waals surface area contributed by atoms with Crippen LogP contribution in [0.25, 0.3) is 10.2 Å². The highest BCUT2D eigenvalue weighted by molar-refractivity contribution is 7.93. The molecule has 1 amide bonds. The first-order valence-corrected chi connectivity index (χ1v) is 10.9. The third kappa shape index (κ3) is 3.02. The monoisotopic (exact) mass is 404 g/mol. The van der Waals surface area contributed by atoms with Crippen LogP contribution < -0.4 is 5.32 Å². The van der Waals surface area contributed by atoms with Gasteiger partial charge in [-0.3, -0.25) is 4.79 Å². The molecule has 1 fully saturated rings. The van der Waals surface area contributed by atoms with Gasteiger partial charge in [-0.15, -0.1) is 0 Å². The zero-order valence-electron chi connectivity index (χ0n) is 14.3. The summed E-state index contributed by atoms with van der Waals surface area (Å²) < 4.78 is 39.0. The number of anilines is 1. The van der Waals surface area contributed by atoms with Crippen molar-refractivity contribution in [1.82, 2.24) is 4.98 Å². The zero-order chi connectivity index (χ0) is 19.1. The van der Waals surface area contributed by atoms with Crippen LogP contribution in [0.4, 0.5) is 9.52 Å². The Kier molecular flexibility index (Phi) is 4.47. The lowest BCUT2D eigenvalue weighted by molar-refractivity contribution is -0.118. The molecule has 0 radical (unpaired) electrons. The predicted octanol–water partition coefficient (Wildman–Crippen LogP) is 4.16. The number of carbonyl (C=O) groups is 1. The van der Waals surface area contributed by atoms with Crippen molar-refractivity contribution in [3.05, 3.63) is 54.3 Å². The third-order valence-electron chi connectivity index (χ3n) is 4.96. The molecule has 1 aromatic heterocycles. The maximum Gasteiger partial charge on any atom is 0.248 e. The van der Waals surface area contributed by atoms with Crippen LogP contribution >= 0.6 is 11.3 Å². The number of fused-ring (bicyclic) bond motifs is 1. The van der Waals surface area contributed by atoms with Gasteiger partial charge >= 0.3 is 0 Å². The minimum atomic E-state index is -3.85. The molecule has 5 nitrogen and oxygen atoms in total. The van der Waals surface area contributed by atoms with Crippen molar-refractivity contribution in [2.45, 2.75) is 35.3 Å². The quantitative estimate of drug-likeness (QED) is 0.708. The van der Waals surface area contributed by atoms with Crippen molar-refractivity contribution in [3.8, 4) is 0 Å². The van der Waals surface area contributed by atoms with Crippen molar-refractivity contribution >= 4 is 42.4 Å². The van der Waals surface area contributed by atoms with E-state index in [1.807, 2.05) is 0 Å². The van der Waals surface area contributed by atoms with Gasteiger partial charge < -0.3 is 5.32 Å². The van der Waals surface area contributed by atoms with Gasteiger partial charge in [0.1, 0.15) is 5.82 Å². The van der Waals surface area contributed by atoms with Gasteiger partial charge in [0.25, 0.3) is 0 Å². The average molecular weight is 404 g/mol. The highest BCUT2D eigenvalue weighted by Crippen LogP contribution is 2.41. The van der Waals surface area contributed by atoms with E-state index in [0.717, 1.165) is 11.3 Å². The molecule has 27 heavy (non-hydrogen) atoms. The number of benzene rings is 2. The summed E-state index contributed by atoms with van der Waals surface area (Å²) in [5, 5.41) is 2.95. The summed E-state index contributed by atoms with van der Waals surface area (Å²) in [7, 11) is -3.85. The Bertz CT molecular complexity index is 1100. The largest absolute Gasteiger partial charge is 0.301 e. The van der Waals surface area contributed by atoms with Crippen LogP contribution in [0, 0.1) is 5.82 Å². The number of sulfone groups is 1. The van der Waals surface area contributed by atoms with E-state index in [9.17, 15) is 17.6 Å². The lowest BCUT2D eigenvalue weighted by Gasteiger charge is -2.27. The summed E-state index contributed by atoms with van der Waals surface area (Å²) in [5.74, 6) is -0.952. The first-order valence-electron chi connectivity index (χ1n) is 8.60. The normalized spacial score (nSPS) is 16.5. The smallest absolute Gasteiger partial charge is 0.248 e. The first kappa shape index (κ1) is 18.1. The lowest BCUT2D eigenvalue weighted by Crippen LogP contribution is -2.47. The van der Waals surface area contributed by atoms with Crippen molar-refractivity contribution < 1.29 is 17.6 Å². The summed E-state index contributed by atoms with van der Waals surface area (Å²) in [6.07, 6.45) is 1.89. The van der Waals surface area contributed by atoms with Crippen LogP contribution in [0.3, 0.4) is 0 Å². The van der Waals surface area contributed by atoms with Crippen LogP contribution in [0.5, 0.6) is 0 Å². The second-order valence-corrected chi connectivity index (χ2v) is 9.89. The molecule has 1 saturated carbocycles. The minimum absolute atomic E-state index is 0.147. The number of aromatic nitrogens is 1. The minimum Gasteiger partial charge on any atom is -0.301 e. The number of hydrogen-bond donors (Lipinski definition) is 1. The number of nitrogens with zero attached hydrogens (tertiary/aromatic N) is 1. The number of rotatable bonds is 4. The van der Waals surface area contributed by atoms with Crippen molar-refractivity contribution in [2.24, 2.45) is 0 Å². The summed E-state index contributed by atoms with van der Waals surface area (Å²) in [6.45, 7) is 0. The van der Waals surface area contributed by atoms with E-state index in [-0.39, 0.29) is 28.7 Å². The summed E-state index contributed by atoms with van der Waals surface area (Å²) in [4.78, 5) is 17.5. The molecular weight excluding hydrogens is 387 g/mol. The topological polar surface area (TPSA) is 76.1 Å². The summed E-state index contributed by atoms with van der Waals surface area (Å²) in [6, 6.07) is 12.2. The number of thiazole rings is 1. The molecule has 4 rings (SSSR count). The van der Waals surface area contributed by atoms with Gasteiger partial charge in [-0.2, -0.15) is 0 Å². The standard InChI is InChI=1S/C19H17FN2O3S2/c20-13-8-9-15-16(12-13)26-18(21-15)22-17(23)19(10-4-5-11-19)27(24,25)14-6-2-1-3-7-14/h1-3,6-9,12H,4-5,10-11H2,(H,21,22,23). The SMILES string of the molecule is O=C(Nc1nc2ccc(F)cc2s1)C1(S(=O)(=O)c2ccccc2)CCCC1. The highest BCUT2D eigenvalue weighted by Gasteiger charge is 2.53. The second kappa shape index (κ2) is 6.69. The molecule has 1 aliphatic rings. The molecule has 3 aromatic rings. The fourth-order valence-corrected chi connectivity index (χ4v) is 6.53. The molecule has 0 bridgehead atoms. The maximum absolute atomic E-state index is 13.4. The molecule has 8 heteroatoms. The van der Waals surface area contributed by atoms with Gasteiger partial charge in [-0.25, -0.2) is 17.8 Å². The van der Waals surface area contributed by atoms with Crippen LogP contribution in [-0.2, 0) is 14.6 Å². The molecule has 1 aliphatic carbocycles. The van der Waals surface area contributed by atoms with Crippen LogP contribution in [-0.4, -0.2) is 24.1 Å². The van der Waals surface area contributed by atoms with E-state index < -0.39 is 20.5 Å². The number of carbonyl (C=O) groups excluding carboxylic acids is 1. The van der Waals surface area contributed by atoms with Crippen molar-refractivity contribution in [3.63, 3.8) is 0 Å². The Morgan fingerprint density at radius 2 is 1.81 bits per heavy atom. The molecule has 0 aliphatic heterocycles. The van der Waals surface area contributed by atoms with E-state index in [2.05, 4.69) is 10.3 Å². The molecule has 2 aromatic carbocycles. The van der Waals surface area contributed by atoms with Crippen LogP contribution in [0.15, 0.2) is 53.4 Å². The van der Waals surface area contributed by atoms with E-state index in [4.69, 9.17) is 0 Å². The highest BCUT2D eigenvalue weighted by atomic mass is 32.2. The fraction of sp³-hybridized carbons (Fsp3) is 0.263. The zero-order valence-corrected chi connectivity index (χ0v) is 15.9. The number of hydrogen-bond acceptors (Lipinski definition) is 5. The van der Waals surface area contributed by atoms with E-state index >= 15 is 0 Å². The Morgan fingerprint density at radius 3 is 2.52 bits per heavy atom. The van der Waals surface area contributed by atoms with Crippen molar-refractivity contribution in [1.29, 1.82) is 0 Å². The maximum atomic E-state index is 13.4. The van der Waals surface area contributed by atoms with Crippen LogP contribution in [0.2, 0.25) is 0 Å². The number of nitrogens with one attached hydrogen (secondary N) is 1. The Balaban J connectivity index is 1.70. The average Bonchev–Trinajstić information content (AvgIpc) is 3.29. The van der Waals surface area contributed by atoms with E-state index in [1.165, 1.54) is 30.3 Å². The van der Waals surface area contributed by atoms with E-state index in [0.29, 0.717) is 23.1 Å². The number of halogens is 1. The van der Waals surface area contributed by atoms with Gasteiger partial charge in [0.2, 0.25) is 5.91 Å². The third-order valence-corrected chi connectivity index (χ3v) is 8.41. The molecule has 140 valence electrons. The summed E-state index contributed by atoms with van der Waals surface area (Å²) >= 11 is 1.13. The Morgan fingerprint density at radius 1 is 1.11 bits per heavy atom. The second-order valence-electron chi connectivity index (χ2n) is 6.60. The molecule has 0 spiro atoms. The van der Waals surface area contributed by atoms with Gasteiger partial charge in [0.15, 0.2) is 19.7 Å². The van der Waals surface area contributed by atoms with Gasteiger partial charge in [-0.1, -0.05) is 42.4 Å². The van der Waals surface area contributed by atoms with Gasteiger partial charge in [0.05, 0.1) is 15.1 Å². The Hall–Kier alpha value is -2.32. The van der Waals surface area contributed by atoms with E-state index in [1.54, 1.807) is 18.2 Å². The van der Waals surface area contributed by atoms with Crippen molar-refractivity contribution in [2.75, 3.05) is 5.32 Å². The lowest BCUT2D eigenvalue weighted by atomic mass is 10.1. The molecule has 1 N–H and O–H groups in total.